The lowest BCUT2D eigenvalue weighted by molar-refractivity contribution is -0.116. The second-order valence-corrected chi connectivity index (χ2v) is 5.51. The van der Waals surface area contributed by atoms with Crippen LogP contribution in [-0.2, 0) is 4.79 Å². The van der Waals surface area contributed by atoms with Gasteiger partial charge in [-0.05, 0) is 48.0 Å². The van der Waals surface area contributed by atoms with Crippen molar-refractivity contribution >= 4 is 23.6 Å². The Bertz CT molecular complexity index is 706. The minimum atomic E-state index is -0.207. The number of benzene rings is 2. The molecule has 0 fully saturated rings. The summed E-state index contributed by atoms with van der Waals surface area (Å²) in [5.74, 6) is 1.82. The van der Waals surface area contributed by atoms with E-state index in [9.17, 15) is 4.79 Å². The molecule has 0 bridgehead atoms. The van der Waals surface area contributed by atoms with Crippen molar-refractivity contribution in [2.45, 2.75) is 0 Å². The molecule has 0 aliphatic heterocycles. The van der Waals surface area contributed by atoms with E-state index in [2.05, 4.69) is 5.32 Å². The molecule has 0 unspecified atom stereocenters. The van der Waals surface area contributed by atoms with Crippen molar-refractivity contribution in [3.05, 3.63) is 59.1 Å². The maximum Gasteiger partial charge on any atom is 0.244 e. The summed E-state index contributed by atoms with van der Waals surface area (Å²) in [5.41, 5.74) is 0.809. The van der Waals surface area contributed by atoms with E-state index in [1.807, 2.05) is 12.1 Å². The van der Waals surface area contributed by atoms with Gasteiger partial charge < -0.3 is 19.5 Å². The van der Waals surface area contributed by atoms with Crippen LogP contribution >= 0.6 is 11.6 Å². The molecule has 0 aliphatic rings. The number of carbonyl (C=O) groups is 1. The van der Waals surface area contributed by atoms with Crippen LogP contribution in [0.3, 0.4) is 0 Å². The molecule has 5 nitrogen and oxygen atoms in total. The molecular weight excluding hydrogens is 342 g/mol. The van der Waals surface area contributed by atoms with Gasteiger partial charge in [0.1, 0.15) is 23.9 Å². The van der Waals surface area contributed by atoms with Gasteiger partial charge in [0.05, 0.1) is 20.8 Å². The number of hydrogen-bond acceptors (Lipinski definition) is 4. The lowest BCUT2D eigenvalue weighted by Crippen LogP contribution is -2.26. The molecule has 0 saturated carbocycles. The molecule has 0 saturated heterocycles. The molecule has 0 aliphatic carbocycles. The number of carbonyl (C=O) groups excluding carboxylic acids is 1. The summed E-state index contributed by atoms with van der Waals surface area (Å²) in [4.78, 5) is 11.8. The maximum atomic E-state index is 11.8. The second kappa shape index (κ2) is 9.59. The lowest BCUT2D eigenvalue weighted by atomic mass is 10.2. The smallest absolute Gasteiger partial charge is 0.244 e. The van der Waals surface area contributed by atoms with E-state index in [-0.39, 0.29) is 5.91 Å². The Morgan fingerprint density at radius 2 is 1.68 bits per heavy atom. The number of rotatable bonds is 8. The molecule has 1 N–H and O–H groups in total. The summed E-state index contributed by atoms with van der Waals surface area (Å²) >= 11 is 5.80. The average molecular weight is 362 g/mol. The molecule has 0 heterocycles. The van der Waals surface area contributed by atoms with Crippen LogP contribution < -0.4 is 19.5 Å². The van der Waals surface area contributed by atoms with Crippen LogP contribution in [0, 0.1) is 0 Å². The van der Waals surface area contributed by atoms with Gasteiger partial charge in [-0.3, -0.25) is 4.79 Å². The highest BCUT2D eigenvalue weighted by Gasteiger charge is 2.01. The summed E-state index contributed by atoms with van der Waals surface area (Å²) in [5, 5.41) is 3.41. The first-order chi connectivity index (χ1) is 12.1. The number of amides is 1. The van der Waals surface area contributed by atoms with Gasteiger partial charge >= 0.3 is 0 Å². The molecule has 25 heavy (non-hydrogen) atoms. The first kappa shape index (κ1) is 18.7. The summed E-state index contributed by atoms with van der Waals surface area (Å²) < 4.78 is 15.9. The molecule has 0 aromatic heterocycles. The zero-order valence-corrected chi connectivity index (χ0v) is 14.9. The number of halogens is 1. The molecule has 0 spiro atoms. The fraction of sp³-hybridized carbons (Fsp3) is 0.211. The second-order valence-electron chi connectivity index (χ2n) is 5.07. The van der Waals surface area contributed by atoms with E-state index in [4.69, 9.17) is 25.8 Å². The number of methoxy groups -OCH3 is 2. The summed E-state index contributed by atoms with van der Waals surface area (Å²) in [7, 11) is 3.16. The highest BCUT2D eigenvalue weighted by molar-refractivity contribution is 6.30. The zero-order valence-electron chi connectivity index (χ0n) is 14.1. The number of ether oxygens (including phenoxy) is 3. The molecule has 0 radical (unpaired) electrons. The Labute approximate surface area is 152 Å². The summed E-state index contributed by atoms with van der Waals surface area (Å²) in [6.45, 7) is 0.765. The topological polar surface area (TPSA) is 56.8 Å². The third-order valence-electron chi connectivity index (χ3n) is 3.28. The molecular formula is C19H20ClNO4. The first-order valence-corrected chi connectivity index (χ1v) is 8.06. The van der Waals surface area contributed by atoms with Crippen LogP contribution in [0.5, 0.6) is 17.2 Å². The molecule has 6 heteroatoms. The number of nitrogens with one attached hydrogen (secondary N) is 1. The van der Waals surface area contributed by atoms with E-state index in [0.717, 1.165) is 5.56 Å². The Kier molecular flexibility index (Phi) is 7.16. The van der Waals surface area contributed by atoms with Crippen LogP contribution in [0.25, 0.3) is 6.08 Å². The largest absolute Gasteiger partial charge is 0.497 e. The van der Waals surface area contributed by atoms with E-state index in [0.29, 0.717) is 35.4 Å². The third kappa shape index (κ3) is 6.39. The van der Waals surface area contributed by atoms with Crippen molar-refractivity contribution in [3.8, 4) is 17.2 Å². The summed E-state index contributed by atoms with van der Waals surface area (Å²) in [6, 6.07) is 12.5. The fourth-order valence-electron chi connectivity index (χ4n) is 2.03. The van der Waals surface area contributed by atoms with Crippen LogP contribution in [0.1, 0.15) is 5.56 Å². The van der Waals surface area contributed by atoms with Gasteiger partial charge in [0.2, 0.25) is 5.91 Å². The van der Waals surface area contributed by atoms with Crippen LogP contribution in [-0.4, -0.2) is 33.3 Å². The van der Waals surface area contributed by atoms with E-state index >= 15 is 0 Å². The SMILES string of the molecule is COc1cc(/C=C/C(=O)NCCOc2ccc(Cl)cc2)cc(OC)c1. The van der Waals surface area contributed by atoms with Gasteiger partial charge in [0.15, 0.2) is 0 Å². The van der Waals surface area contributed by atoms with Crippen LogP contribution in [0.2, 0.25) is 5.02 Å². The summed E-state index contributed by atoms with van der Waals surface area (Å²) in [6.07, 6.45) is 3.15. The Morgan fingerprint density at radius 1 is 1.04 bits per heavy atom. The van der Waals surface area contributed by atoms with Gasteiger partial charge in [-0.25, -0.2) is 0 Å². The monoisotopic (exact) mass is 361 g/mol. The zero-order chi connectivity index (χ0) is 18.1. The Morgan fingerprint density at radius 3 is 2.28 bits per heavy atom. The van der Waals surface area contributed by atoms with Gasteiger partial charge in [0, 0.05) is 17.2 Å². The standard InChI is InChI=1S/C19H20ClNO4/c1-23-17-11-14(12-18(13-17)24-2)3-8-19(22)21-9-10-25-16-6-4-15(20)5-7-16/h3-8,11-13H,9-10H2,1-2H3,(H,21,22)/b8-3+. The van der Waals surface area contributed by atoms with E-state index in [1.165, 1.54) is 6.08 Å². The number of hydrogen-bond donors (Lipinski definition) is 1. The van der Waals surface area contributed by atoms with Crippen LogP contribution in [0.15, 0.2) is 48.5 Å². The van der Waals surface area contributed by atoms with Gasteiger partial charge in [-0.1, -0.05) is 11.6 Å². The Hall–Kier alpha value is -2.66. The predicted octanol–water partition coefficient (Wildman–Crippen LogP) is 3.57. The van der Waals surface area contributed by atoms with E-state index < -0.39 is 0 Å². The molecule has 132 valence electrons. The highest BCUT2D eigenvalue weighted by atomic mass is 35.5. The lowest BCUT2D eigenvalue weighted by Gasteiger charge is -2.07. The van der Waals surface area contributed by atoms with Gasteiger partial charge in [-0.15, -0.1) is 0 Å². The third-order valence-corrected chi connectivity index (χ3v) is 3.54. The van der Waals surface area contributed by atoms with Gasteiger partial charge in [0.25, 0.3) is 0 Å². The minimum absolute atomic E-state index is 0.207. The first-order valence-electron chi connectivity index (χ1n) is 7.68. The van der Waals surface area contributed by atoms with Crippen LogP contribution in [0.4, 0.5) is 0 Å². The molecule has 1 amide bonds. The predicted molar refractivity (Wildman–Crippen MR) is 98.5 cm³/mol. The fourth-order valence-corrected chi connectivity index (χ4v) is 2.16. The Balaban J connectivity index is 1.79. The normalized spacial score (nSPS) is 10.5. The average Bonchev–Trinajstić information content (AvgIpc) is 2.64. The van der Waals surface area contributed by atoms with Crippen molar-refractivity contribution in [2.24, 2.45) is 0 Å². The molecule has 2 rings (SSSR count). The minimum Gasteiger partial charge on any atom is -0.497 e. The molecule has 0 atom stereocenters. The van der Waals surface area contributed by atoms with Crippen molar-refractivity contribution < 1.29 is 19.0 Å². The molecule has 2 aromatic rings. The van der Waals surface area contributed by atoms with Crippen molar-refractivity contribution in [1.29, 1.82) is 0 Å². The van der Waals surface area contributed by atoms with E-state index in [1.54, 1.807) is 50.6 Å². The molecule has 2 aromatic carbocycles. The maximum absolute atomic E-state index is 11.8. The van der Waals surface area contributed by atoms with Crippen molar-refractivity contribution in [1.82, 2.24) is 5.32 Å². The quantitative estimate of drug-likeness (QED) is 0.577. The highest BCUT2D eigenvalue weighted by Crippen LogP contribution is 2.23. The van der Waals surface area contributed by atoms with Gasteiger partial charge in [-0.2, -0.15) is 0 Å². The van der Waals surface area contributed by atoms with Crippen molar-refractivity contribution in [3.63, 3.8) is 0 Å². The van der Waals surface area contributed by atoms with Crippen molar-refractivity contribution in [2.75, 3.05) is 27.4 Å².